The van der Waals surface area contributed by atoms with Crippen LogP contribution in [-0.2, 0) is 4.74 Å². The summed E-state index contributed by atoms with van der Waals surface area (Å²) in [7, 11) is 1.73. The normalized spacial score (nSPS) is 17.4. The number of methoxy groups -OCH3 is 1. The van der Waals surface area contributed by atoms with Crippen molar-refractivity contribution >= 4 is 22.7 Å². The van der Waals surface area contributed by atoms with Crippen molar-refractivity contribution < 1.29 is 4.74 Å². The molecule has 0 fully saturated rings. The van der Waals surface area contributed by atoms with Gasteiger partial charge in [-0.3, -0.25) is 0 Å². The van der Waals surface area contributed by atoms with E-state index >= 15 is 0 Å². The van der Waals surface area contributed by atoms with Gasteiger partial charge in [-0.25, -0.2) is 0 Å². The van der Waals surface area contributed by atoms with Crippen molar-refractivity contribution in [2.75, 3.05) is 7.11 Å². The molecule has 0 radical (unpaired) electrons. The van der Waals surface area contributed by atoms with Crippen LogP contribution in [-0.4, -0.2) is 7.11 Å². The molecular formula is C16H13ClO. The fourth-order valence-electron chi connectivity index (χ4n) is 2.46. The van der Waals surface area contributed by atoms with Gasteiger partial charge in [-0.15, -0.1) is 0 Å². The molecule has 1 unspecified atom stereocenters. The van der Waals surface area contributed by atoms with Crippen LogP contribution in [0.4, 0.5) is 0 Å². The molecule has 0 bridgehead atoms. The monoisotopic (exact) mass is 256 g/mol. The number of fused-ring (bicyclic) bond motifs is 2. The summed E-state index contributed by atoms with van der Waals surface area (Å²) in [6.45, 7) is 0. The highest BCUT2D eigenvalue weighted by atomic mass is 35.5. The highest BCUT2D eigenvalue weighted by Crippen LogP contribution is 2.39. The lowest BCUT2D eigenvalue weighted by Crippen LogP contribution is -2.05. The van der Waals surface area contributed by atoms with E-state index in [1.807, 2.05) is 36.4 Å². The van der Waals surface area contributed by atoms with E-state index in [-0.39, 0.29) is 6.10 Å². The molecule has 0 amide bonds. The minimum absolute atomic E-state index is 0.0649. The Balaban J connectivity index is 2.31. The standard InChI is InChI=1S/C16H13ClO/c1-18-16-12-7-3-2-6-11(12)10-15(17)13-8-4-5-9-14(13)16/h2-10,16H,1H3. The largest absolute Gasteiger partial charge is 0.372 e. The number of rotatable bonds is 1. The van der Waals surface area contributed by atoms with Crippen LogP contribution < -0.4 is 0 Å². The van der Waals surface area contributed by atoms with Crippen molar-refractivity contribution in [1.82, 2.24) is 0 Å². The summed E-state index contributed by atoms with van der Waals surface area (Å²) in [5.41, 5.74) is 4.43. The minimum atomic E-state index is -0.0649. The molecule has 0 aliphatic heterocycles. The Morgan fingerprint density at radius 1 is 0.944 bits per heavy atom. The highest BCUT2D eigenvalue weighted by molar-refractivity contribution is 6.51. The predicted molar refractivity (Wildman–Crippen MR) is 75.5 cm³/mol. The molecule has 0 spiro atoms. The summed E-state index contributed by atoms with van der Waals surface area (Å²) in [5.74, 6) is 0. The Labute approximate surface area is 112 Å². The number of hydrogen-bond acceptors (Lipinski definition) is 1. The van der Waals surface area contributed by atoms with Crippen LogP contribution in [0, 0.1) is 0 Å². The number of ether oxygens (including phenoxy) is 1. The summed E-state index contributed by atoms with van der Waals surface area (Å²) < 4.78 is 5.68. The van der Waals surface area contributed by atoms with Gasteiger partial charge in [0.25, 0.3) is 0 Å². The number of hydrogen-bond donors (Lipinski definition) is 0. The molecule has 2 aromatic rings. The first-order valence-corrected chi connectivity index (χ1v) is 6.27. The molecule has 0 N–H and O–H groups in total. The SMILES string of the molecule is COC1c2ccccc2C=C(Cl)c2ccccc21. The second-order valence-electron chi connectivity index (χ2n) is 4.32. The second-order valence-corrected chi connectivity index (χ2v) is 4.73. The summed E-state index contributed by atoms with van der Waals surface area (Å²) in [4.78, 5) is 0. The van der Waals surface area contributed by atoms with Gasteiger partial charge in [-0.1, -0.05) is 60.1 Å². The fourth-order valence-corrected chi connectivity index (χ4v) is 2.75. The molecule has 0 saturated heterocycles. The summed E-state index contributed by atoms with van der Waals surface area (Å²) in [5, 5.41) is 0.762. The van der Waals surface area contributed by atoms with E-state index in [2.05, 4.69) is 18.2 Å². The number of halogens is 1. The van der Waals surface area contributed by atoms with Crippen LogP contribution in [0.1, 0.15) is 28.4 Å². The van der Waals surface area contributed by atoms with Gasteiger partial charge in [-0.05, 0) is 28.3 Å². The molecule has 3 rings (SSSR count). The van der Waals surface area contributed by atoms with Crippen molar-refractivity contribution in [3.05, 3.63) is 70.8 Å². The van der Waals surface area contributed by atoms with E-state index in [0.717, 1.165) is 27.3 Å². The molecule has 2 aromatic carbocycles. The van der Waals surface area contributed by atoms with Gasteiger partial charge in [-0.2, -0.15) is 0 Å². The summed E-state index contributed by atoms with van der Waals surface area (Å²) in [6, 6.07) is 16.3. The average molecular weight is 257 g/mol. The molecule has 1 aliphatic carbocycles. The lowest BCUT2D eigenvalue weighted by Gasteiger charge is -2.18. The van der Waals surface area contributed by atoms with E-state index in [1.165, 1.54) is 0 Å². The highest BCUT2D eigenvalue weighted by Gasteiger charge is 2.22. The topological polar surface area (TPSA) is 9.23 Å². The molecule has 2 heteroatoms. The van der Waals surface area contributed by atoms with E-state index < -0.39 is 0 Å². The number of benzene rings is 2. The zero-order chi connectivity index (χ0) is 12.5. The molecular weight excluding hydrogens is 244 g/mol. The van der Waals surface area contributed by atoms with Crippen LogP contribution in [0.25, 0.3) is 11.1 Å². The third-order valence-electron chi connectivity index (χ3n) is 3.30. The van der Waals surface area contributed by atoms with Crippen molar-refractivity contribution in [2.45, 2.75) is 6.10 Å². The van der Waals surface area contributed by atoms with E-state index in [0.29, 0.717) is 0 Å². The van der Waals surface area contributed by atoms with Crippen LogP contribution in [0.2, 0.25) is 0 Å². The van der Waals surface area contributed by atoms with Gasteiger partial charge < -0.3 is 4.74 Å². The summed E-state index contributed by atoms with van der Waals surface area (Å²) >= 11 is 6.41. The van der Waals surface area contributed by atoms with Crippen molar-refractivity contribution in [3.8, 4) is 0 Å². The molecule has 1 aliphatic rings. The Morgan fingerprint density at radius 2 is 1.61 bits per heavy atom. The van der Waals surface area contributed by atoms with E-state index in [9.17, 15) is 0 Å². The lowest BCUT2D eigenvalue weighted by atomic mass is 9.96. The third kappa shape index (κ3) is 1.76. The molecule has 1 atom stereocenters. The molecule has 0 saturated carbocycles. The maximum Gasteiger partial charge on any atom is 0.108 e. The first kappa shape index (κ1) is 11.5. The Morgan fingerprint density at radius 3 is 2.39 bits per heavy atom. The average Bonchev–Trinajstić information content (AvgIpc) is 2.53. The minimum Gasteiger partial charge on any atom is -0.372 e. The maximum atomic E-state index is 6.41. The zero-order valence-corrected chi connectivity index (χ0v) is 10.8. The molecule has 1 nitrogen and oxygen atoms in total. The Kier molecular flexibility index (Phi) is 2.94. The Hall–Kier alpha value is -1.57. The smallest absolute Gasteiger partial charge is 0.108 e. The van der Waals surface area contributed by atoms with E-state index in [4.69, 9.17) is 16.3 Å². The molecule has 90 valence electrons. The first-order valence-electron chi connectivity index (χ1n) is 5.89. The van der Waals surface area contributed by atoms with Crippen LogP contribution in [0.5, 0.6) is 0 Å². The first-order chi connectivity index (χ1) is 8.81. The summed E-state index contributed by atoms with van der Waals surface area (Å²) in [6.07, 6.45) is 1.94. The molecule has 0 heterocycles. The van der Waals surface area contributed by atoms with Crippen LogP contribution >= 0.6 is 11.6 Å². The van der Waals surface area contributed by atoms with Crippen molar-refractivity contribution in [3.63, 3.8) is 0 Å². The molecule has 18 heavy (non-hydrogen) atoms. The van der Waals surface area contributed by atoms with E-state index in [1.54, 1.807) is 7.11 Å². The fraction of sp³-hybridized carbons (Fsp3) is 0.125. The third-order valence-corrected chi connectivity index (χ3v) is 3.61. The van der Waals surface area contributed by atoms with Gasteiger partial charge in [0.1, 0.15) is 6.10 Å². The van der Waals surface area contributed by atoms with Gasteiger partial charge >= 0.3 is 0 Å². The van der Waals surface area contributed by atoms with Crippen molar-refractivity contribution in [1.29, 1.82) is 0 Å². The van der Waals surface area contributed by atoms with Crippen LogP contribution in [0.15, 0.2) is 48.5 Å². The van der Waals surface area contributed by atoms with Gasteiger partial charge in [0.15, 0.2) is 0 Å². The van der Waals surface area contributed by atoms with Gasteiger partial charge in [0, 0.05) is 12.1 Å². The van der Waals surface area contributed by atoms with Crippen LogP contribution in [0.3, 0.4) is 0 Å². The predicted octanol–water partition coefficient (Wildman–Crippen LogP) is 4.47. The van der Waals surface area contributed by atoms with Crippen molar-refractivity contribution in [2.24, 2.45) is 0 Å². The second kappa shape index (κ2) is 4.60. The lowest BCUT2D eigenvalue weighted by molar-refractivity contribution is 0.136. The molecule has 0 aromatic heterocycles. The maximum absolute atomic E-state index is 6.41. The zero-order valence-electron chi connectivity index (χ0n) is 10.1. The Bertz CT molecular complexity index is 616. The quantitative estimate of drug-likeness (QED) is 0.731. The van der Waals surface area contributed by atoms with Gasteiger partial charge in [0.05, 0.1) is 0 Å². The van der Waals surface area contributed by atoms with Gasteiger partial charge in [0.2, 0.25) is 0 Å².